The number of hydrogen-bond donors (Lipinski definition) is 1. The van der Waals surface area contributed by atoms with Crippen molar-refractivity contribution in [1.82, 2.24) is 9.97 Å². The summed E-state index contributed by atoms with van der Waals surface area (Å²) in [6.45, 7) is 10.6. The van der Waals surface area contributed by atoms with Gasteiger partial charge in [0.25, 0.3) is 5.56 Å². The van der Waals surface area contributed by atoms with E-state index in [1.54, 1.807) is 11.3 Å². The Balaban J connectivity index is 1.56. The fourth-order valence-electron chi connectivity index (χ4n) is 4.05. The standard InChI is InChI=1S/C21H30N2O3S2/c1-11(2)15-7-6-12(3)8-16(15)26-18(24)10-27-9-17-22-20(25)19-13(4)14(5)28-21(19)23-17/h11-12,15-16H,6-10H2,1-5H3,(H,22,23,25)/t12-,15-,16-/m1/s1. The van der Waals surface area contributed by atoms with Gasteiger partial charge in [-0.15, -0.1) is 23.1 Å². The maximum atomic E-state index is 12.4. The highest BCUT2D eigenvalue weighted by atomic mass is 32.2. The summed E-state index contributed by atoms with van der Waals surface area (Å²) in [6, 6.07) is 0. The summed E-state index contributed by atoms with van der Waals surface area (Å²) in [5, 5.41) is 0.682. The van der Waals surface area contributed by atoms with Gasteiger partial charge >= 0.3 is 5.97 Å². The van der Waals surface area contributed by atoms with Gasteiger partial charge in [0.1, 0.15) is 16.8 Å². The summed E-state index contributed by atoms with van der Waals surface area (Å²) in [5.41, 5.74) is 0.902. The molecule has 0 saturated heterocycles. The number of carbonyl (C=O) groups is 1. The van der Waals surface area contributed by atoms with E-state index in [1.807, 2.05) is 13.8 Å². The molecule has 3 rings (SSSR count). The Morgan fingerprint density at radius 3 is 2.82 bits per heavy atom. The summed E-state index contributed by atoms with van der Waals surface area (Å²) >= 11 is 2.98. The summed E-state index contributed by atoms with van der Waals surface area (Å²) in [6.07, 6.45) is 3.34. The lowest BCUT2D eigenvalue weighted by Crippen LogP contribution is -2.36. The van der Waals surface area contributed by atoms with Crippen molar-refractivity contribution in [2.24, 2.45) is 17.8 Å². The van der Waals surface area contributed by atoms with E-state index in [-0.39, 0.29) is 23.4 Å². The van der Waals surface area contributed by atoms with Crippen LogP contribution in [0.2, 0.25) is 0 Å². The normalized spacial score (nSPS) is 22.7. The summed E-state index contributed by atoms with van der Waals surface area (Å²) in [7, 11) is 0. The van der Waals surface area contributed by atoms with Gasteiger partial charge in [-0.2, -0.15) is 0 Å². The number of esters is 1. The summed E-state index contributed by atoms with van der Waals surface area (Å²) in [4.78, 5) is 34.0. The fourth-order valence-corrected chi connectivity index (χ4v) is 5.77. The first-order chi connectivity index (χ1) is 13.3. The predicted molar refractivity (Wildman–Crippen MR) is 117 cm³/mol. The second-order valence-corrected chi connectivity index (χ2v) is 10.5. The Bertz CT molecular complexity index is 903. The average molecular weight is 423 g/mol. The van der Waals surface area contributed by atoms with Crippen molar-refractivity contribution in [3.63, 3.8) is 0 Å². The molecule has 7 heteroatoms. The zero-order chi connectivity index (χ0) is 20.4. The van der Waals surface area contributed by atoms with Crippen molar-refractivity contribution in [2.75, 3.05) is 5.75 Å². The van der Waals surface area contributed by atoms with Crippen molar-refractivity contribution < 1.29 is 9.53 Å². The van der Waals surface area contributed by atoms with Gasteiger partial charge in [-0.3, -0.25) is 9.59 Å². The van der Waals surface area contributed by atoms with Crippen LogP contribution in [0.25, 0.3) is 10.2 Å². The lowest BCUT2D eigenvalue weighted by Gasteiger charge is -2.36. The molecule has 1 aliphatic rings. The Hall–Kier alpha value is -1.34. The molecular weight excluding hydrogens is 392 g/mol. The molecule has 0 spiro atoms. The topological polar surface area (TPSA) is 72.0 Å². The minimum atomic E-state index is -0.166. The van der Waals surface area contributed by atoms with E-state index in [1.165, 1.54) is 18.2 Å². The summed E-state index contributed by atoms with van der Waals surface area (Å²) < 4.78 is 5.84. The molecule has 2 heterocycles. The second-order valence-electron chi connectivity index (χ2n) is 8.32. The first-order valence-electron chi connectivity index (χ1n) is 10.0. The van der Waals surface area contributed by atoms with Gasteiger partial charge in [0.05, 0.1) is 16.9 Å². The van der Waals surface area contributed by atoms with Crippen molar-refractivity contribution in [2.45, 2.75) is 65.7 Å². The Labute approximate surface area is 174 Å². The fraction of sp³-hybridized carbons (Fsp3) is 0.667. The van der Waals surface area contributed by atoms with Crippen LogP contribution in [0.4, 0.5) is 0 Å². The lowest BCUT2D eigenvalue weighted by molar-refractivity contribution is -0.152. The van der Waals surface area contributed by atoms with Crippen LogP contribution in [0.15, 0.2) is 4.79 Å². The molecule has 0 bridgehead atoms. The molecule has 1 N–H and O–H groups in total. The highest BCUT2D eigenvalue weighted by Gasteiger charge is 2.33. The molecule has 0 aromatic carbocycles. The van der Waals surface area contributed by atoms with Gasteiger partial charge in [0.2, 0.25) is 0 Å². The SMILES string of the molecule is Cc1sc2nc(CSCC(=O)O[C@@H]3C[C@H](C)CC[C@@H]3C(C)C)[nH]c(=O)c2c1C. The molecule has 5 nitrogen and oxygen atoms in total. The number of nitrogens with one attached hydrogen (secondary N) is 1. The molecule has 3 atom stereocenters. The maximum absolute atomic E-state index is 12.4. The van der Waals surface area contributed by atoms with Crippen LogP contribution < -0.4 is 5.56 Å². The molecule has 154 valence electrons. The van der Waals surface area contributed by atoms with Gasteiger partial charge in [-0.1, -0.05) is 27.2 Å². The van der Waals surface area contributed by atoms with Crippen LogP contribution >= 0.6 is 23.1 Å². The smallest absolute Gasteiger partial charge is 0.316 e. The van der Waals surface area contributed by atoms with Gasteiger partial charge in [-0.25, -0.2) is 4.98 Å². The van der Waals surface area contributed by atoms with E-state index in [0.717, 1.165) is 28.1 Å². The molecule has 2 aromatic rings. The predicted octanol–water partition coefficient (Wildman–Crippen LogP) is 4.84. The zero-order valence-corrected chi connectivity index (χ0v) is 19.0. The Morgan fingerprint density at radius 1 is 1.36 bits per heavy atom. The van der Waals surface area contributed by atoms with Gasteiger partial charge in [0, 0.05) is 4.88 Å². The highest BCUT2D eigenvalue weighted by Crippen LogP contribution is 2.35. The van der Waals surface area contributed by atoms with Crippen LogP contribution in [0.5, 0.6) is 0 Å². The number of thiophene rings is 1. The molecular formula is C21H30N2O3S2. The molecule has 1 fully saturated rings. The minimum Gasteiger partial charge on any atom is -0.461 e. The number of fused-ring (bicyclic) bond motifs is 1. The van der Waals surface area contributed by atoms with Crippen LogP contribution in [0.1, 0.15) is 56.3 Å². The van der Waals surface area contributed by atoms with Crippen LogP contribution in [-0.2, 0) is 15.3 Å². The number of aromatic amines is 1. The number of aromatic nitrogens is 2. The van der Waals surface area contributed by atoms with Crippen molar-refractivity contribution >= 4 is 39.3 Å². The third-order valence-electron chi connectivity index (χ3n) is 5.79. The number of ether oxygens (including phenoxy) is 1. The average Bonchev–Trinajstić information content (AvgIpc) is 2.89. The van der Waals surface area contributed by atoms with Crippen LogP contribution in [0.3, 0.4) is 0 Å². The maximum Gasteiger partial charge on any atom is 0.316 e. The van der Waals surface area contributed by atoms with Gasteiger partial charge in [0.15, 0.2) is 0 Å². The first kappa shape index (κ1) is 21.4. The largest absolute Gasteiger partial charge is 0.461 e. The molecule has 28 heavy (non-hydrogen) atoms. The highest BCUT2D eigenvalue weighted by molar-refractivity contribution is 7.99. The van der Waals surface area contributed by atoms with Gasteiger partial charge < -0.3 is 9.72 Å². The third-order valence-corrected chi connectivity index (χ3v) is 7.81. The molecule has 0 radical (unpaired) electrons. The molecule has 1 aliphatic carbocycles. The molecule has 1 saturated carbocycles. The molecule has 0 unspecified atom stereocenters. The lowest BCUT2D eigenvalue weighted by atomic mass is 9.75. The first-order valence-corrected chi connectivity index (χ1v) is 12.0. The van der Waals surface area contributed by atoms with E-state index < -0.39 is 0 Å². The number of thioether (sulfide) groups is 1. The molecule has 2 aromatic heterocycles. The van der Waals surface area contributed by atoms with E-state index in [4.69, 9.17) is 4.74 Å². The monoisotopic (exact) mass is 422 g/mol. The van der Waals surface area contributed by atoms with Crippen molar-refractivity contribution in [3.05, 3.63) is 26.6 Å². The third kappa shape index (κ3) is 4.79. The number of aryl methyl sites for hydroxylation is 2. The number of rotatable bonds is 6. The van der Waals surface area contributed by atoms with Crippen LogP contribution in [-0.4, -0.2) is 27.8 Å². The zero-order valence-electron chi connectivity index (χ0n) is 17.3. The molecule has 0 aliphatic heterocycles. The number of H-pyrrole nitrogens is 1. The van der Waals surface area contributed by atoms with Crippen LogP contribution in [0, 0.1) is 31.6 Å². The minimum absolute atomic E-state index is 0.0307. The van der Waals surface area contributed by atoms with E-state index in [0.29, 0.717) is 34.7 Å². The Morgan fingerprint density at radius 2 is 2.11 bits per heavy atom. The number of nitrogens with zero attached hydrogens (tertiary/aromatic N) is 1. The van der Waals surface area contributed by atoms with Crippen molar-refractivity contribution in [1.29, 1.82) is 0 Å². The van der Waals surface area contributed by atoms with E-state index in [9.17, 15) is 9.59 Å². The Kier molecular flexibility index (Phi) is 6.86. The quantitative estimate of drug-likeness (QED) is 0.675. The number of hydrogen-bond acceptors (Lipinski definition) is 6. The second kappa shape index (κ2) is 8.99. The summed E-state index contributed by atoms with van der Waals surface area (Å²) in [5.74, 6) is 2.81. The number of carbonyl (C=O) groups excluding carboxylic acids is 1. The van der Waals surface area contributed by atoms with Gasteiger partial charge in [-0.05, 0) is 50.0 Å². The van der Waals surface area contributed by atoms with E-state index in [2.05, 4.69) is 30.7 Å². The molecule has 0 amide bonds. The van der Waals surface area contributed by atoms with E-state index >= 15 is 0 Å². The van der Waals surface area contributed by atoms with Crippen molar-refractivity contribution in [3.8, 4) is 0 Å².